The van der Waals surface area contributed by atoms with Gasteiger partial charge in [0.1, 0.15) is 6.04 Å². The molecule has 2 rings (SSSR count). The third kappa shape index (κ3) is 8.48. The Hall–Kier alpha value is -2.87. The summed E-state index contributed by atoms with van der Waals surface area (Å²) in [5, 5.41) is 2.94. The van der Waals surface area contributed by atoms with Crippen molar-refractivity contribution in [2.45, 2.75) is 65.6 Å². The molecule has 0 radical (unpaired) electrons. The predicted octanol–water partition coefficient (Wildman–Crippen LogP) is 3.87. The summed E-state index contributed by atoms with van der Waals surface area (Å²) in [4.78, 5) is 27.6. The highest BCUT2D eigenvalue weighted by atomic mass is 32.2. The van der Waals surface area contributed by atoms with Crippen molar-refractivity contribution in [2.75, 3.05) is 17.1 Å². The summed E-state index contributed by atoms with van der Waals surface area (Å²) in [6.07, 6.45) is 1.62. The molecule has 2 aromatic rings. The van der Waals surface area contributed by atoms with E-state index in [1.807, 2.05) is 70.2 Å². The zero-order valence-electron chi connectivity index (χ0n) is 21.0. The Balaban J connectivity index is 2.15. The van der Waals surface area contributed by atoms with Crippen LogP contribution in [0.2, 0.25) is 0 Å². The van der Waals surface area contributed by atoms with Crippen molar-refractivity contribution in [3.8, 4) is 0 Å². The first-order valence-corrected chi connectivity index (χ1v) is 13.3. The molecule has 1 unspecified atom stereocenters. The van der Waals surface area contributed by atoms with Gasteiger partial charge in [-0.25, -0.2) is 8.42 Å². The number of hydrogen-bond donors (Lipinski definition) is 1. The normalized spacial score (nSPS) is 12.6. The van der Waals surface area contributed by atoms with E-state index >= 15 is 0 Å². The molecule has 1 N–H and O–H groups in total. The predicted molar refractivity (Wildman–Crippen MR) is 137 cm³/mol. The molecule has 1 atom stereocenters. The molecule has 0 aliphatic rings. The molecule has 186 valence electrons. The molecule has 0 aliphatic heterocycles. The van der Waals surface area contributed by atoms with Crippen LogP contribution in [0.1, 0.15) is 51.7 Å². The molecule has 0 fully saturated rings. The average Bonchev–Trinajstić information content (AvgIpc) is 2.74. The number of anilines is 1. The number of nitrogens with one attached hydrogen (secondary N) is 1. The third-order valence-electron chi connectivity index (χ3n) is 5.34. The zero-order valence-corrected chi connectivity index (χ0v) is 21.9. The van der Waals surface area contributed by atoms with E-state index in [1.165, 1.54) is 4.31 Å². The van der Waals surface area contributed by atoms with Gasteiger partial charge in [-0.2, -0.15) is 0 Å². The van der Waals surface area contributed by atoms with Crippen LogP contribution in [0.3, 0.4) is 0 Å². The largest absolute Gasteiger partial charge is 0.350 e. The number of benzene rings is 2. The number of carbonyl (C=O) groups is 2. The van der Waals surface area contributed by atoms with Gasteiger partial charge in [0.25, 0.3) is 0 Å². The van der Waals surface area contributed by atoms with E-state index in [2.05, 4.69) is 5.32 Å². The third-order valence-corrected chi connectivity index (χ3v) is 6.53. The topological polar surface area (TPSA) is 86.8 Å². The summed E-state index contributed by atoms with van der Waals surface area (Å²) in [5.41, 5.74) is 2.10. The van der Waals surface area contributed by atoms with Crippen molar-refractivity contribution in [2.24, 2.45) is 0 Å². The lowest BCUT2D eigenvalue weighted by Gasteiger charge is -2.32. The first kappa shape index (κ1) is 27.4. The minimum atomic E-state index is -3.50. The molecule has 7 nitrogen and oxygen atoms in total. The SMILES string of the molecule is Cc1ccc(N(CCCC(=O)N(Cc2ccccc2)C(C)C(=O)NC(C)(C)C)S(C)(=O)=O)cc1. The zero-order chi connectivity index (χ0) is 25.5. The molecule has 0 saturated carbocycles. The van der Waals surface area contributed by atoms with Crippen LogP contribution in [0.4, 0.5) is 5.69 Å². The number of hydrogen-bond acceptors (Lipinski definition) is 4. The van der Waals surface area contributed by atoms with Crippen molar-refractivity contribution in [1.29, 1.82) is 0 Å². The van der Waals surface area contributed by atoms with Crippen LogP contribution >= 0.6 is 0 Å². The summed E-state index contributed by atoms with van der Waals surface area (Å²) in [6.45, 7) is 9.81. The summed E-state index contributed by atoms with van der Waals surface area (Å²) < 4.78 is 26.1. The second kappa shape index (κ2) is 11.5. The van der Waals surface area contributed by atoms with E-state index in [9.17, 15) is 18.0 Å². The first-order chi connectivity index (χ1) is 15.8. The Morgan fingerprint density at radius 2 is 1.59 bits per heavy atom. The summed E-state index contributed by atoms with van der Waals surface area (Å²) in [7, 11) is -3.50. The van der Waals surface area contributed by atoms with Gasteiger partial charge < -0.3 is 10.2 Å². The van der Waals surface area contributed by atoms with Gasteiger partial charge in [0.05, 0.1) is 11.9 Å². The van der Waals surface area contributed by atoms with Crippen molar-refractivity contribution in [1.82, 2.24) is 10.2 Å². The fourth-order valence-corrected chi connectivity index (χ4v) is 4.52. The van der Waals surface area contributed by atoms with Gasteiger partial charge in [0.2, 0.25) is 21.8 Å². The van der Waals surface area contributed by atoms with Crippen LogP contribution in [0.25, 0.3) is 0 Å². The Morgan fingerprint density at radius 1 is 1.00 bits per heavy atom. The second-order valence-electron chi connectivity index (χ2n) is 9.70. The summed E-state index contributed by atoms with van der Waals surface area (Å²) >= 11 is 0. The van der Waals surface area contributed by atoms with Gasteiger partial charge in [-0.05, 0) is 58.7 Å². The number of nitrogens with zero attached hydrogens (tertiary/aromatic N) is 2. The Morgan fingerprint density at radius 3 is 2.12 bits per heavy atom. The van der Waals surface area contributed by atoms with Crippen molar-refractivity contribution >= 4 is 27.5 Å². The lowest BCUT2D eigenvalue weighted by atomic mass is 10.1. The quantitative estimate of drug-likeness (QED) is 0.551. The molecular weight excluding hydrogens is 450 g/mol. The van der Waals surface area contributed by atoms with Crippen molar-refractivity contribution < 1.29 is 18.0 Å². The fraction of sp³-hybridized carbons (Fsp3) is 0.462. The standard InChI is InChI=1S/C26H37N3O4S/c1-20-14-16-23(17-15-20)29(34(6,32)33)18-10-13-24(30)28(19-22-11-8-7-9-12-22)21(2)25(31)27-26(3,4)5/h7-9,11-12,14-17,21H,10,13,18-19H2,1-6H3,(H,27,31). The molecule has 0 bridgehead atoms. The molecule has 0 aliphatic carbocycles. The van der Waals surface area contributed by atoms with Crippen molar-refractivity contribution in [3.05, 3.63) is 65.7 Å². The van der Waals surface area contributed by atoms with Crippen LogP contribution in [-0.4, -0.2) is 49.5 Å². The van der Waals surface area contributed by atoms with E-state index in [1.54, 1.807) is 24.0 Å². The minimum Gasteiger partial charge on any atom is -0.350 e. The Labute approximate surface area is 204 Å². The lowest BCUT2D eigenvalue weighted by Crippen LogP contribution is -2.52. The van der Waals surface area contributed by atoms with Crippen LogP contribution in [0, 0.1) is 6.92 Å². The molecule has 0 aromatic heterocycles. The highest BCUT2D eigenvalue weighted by Gasteiger charge is 2.28. The van der Waals surface area contributed by atoms with Gasteiger partial charge >= 0.3 is 0 Å². The number of aryl methyl sites for hydroxylation is 1. The molecule has 34 heavy (non-hydrogen) atoms. The summed E-state index contributed by atoms with van der Waals surface area (Å²) in [5.74, 6) is -0.424. The molecule has 0 saturated heterocycles. The molecule has 2 aromatic carbocycles. The highest BCUT2D eigenvalue weighted by Crippen LogP contribution is 2.20. The smallest absolute Gasteiger partial charge is 0.242 e. The summed E-state index contributed by atoms with van der Waals surface area (Å²) in [6, 6.07) is 16.1. The van der Waals surface area contributed by atoms with Gasteiger partial charge in [-0.1, -0.05) is 48.0 Å². The average molecular weight is 488 g/mol. The lowest BCUT2D eigenvalue weighted by molar-refractivity contribution is -0.141. The fourth-order valence-electron chi connectivity index (χ4n) is 3.55. The van der Waals surface area contributed by atoms with E-state index in [0.717, 1.165) is 17.4 Å². The second-order valence-corrected chi connectivity index (χ2v) is 11.6. The number of amides is 2. The van der Waals surface area contributed by atoms with Crippen LogP contribution in [0.5, 0.6) is 0 Å². The molecule has 0 spiro atoms. The van der Waals surface area contributed by atoms with Crippen LogP contribution in [0.15, 0.2) is 54.6 Å². The van der Waals surface area contributed by atoms with Gasteiger partial charge in [-0.3, -0.25) is 13.9 Å². The molecule has 8 heteroatoms. The van der Waals surface area contributed by atoms with Crippen LogP contribution in [-0.2, 0) is 26.2 Å². The van der Waals surface area contributed by atoms with E-state index in [-0.39, 0.29) is 24.8 Å². The highest BCUT2D eigenvalue weighted by molar-refractivity contribution is 7.92. The number of rotatable bonds is 10. The molecule has 2 amide bonds. The monoisotopic (exact) mass is 487 g/mol. The van der Waals surface area contributed by atoms with E-state index in [4.69, 9.17) is 0 Å². The minimum absolute atomic E-state index is 0.123. The number of carbonyl (C=O) groups excluding carboxylic acids is 2. The van der Waals surface area contributed by atoms with E-state index in [0.29, 0.717) is 18.7 Å². The molecule has 0 heterocycles. The van der Waals surface area contributed by atoms with Crippen LogP contribution < -0.4 is 9.62 Å². The molecular formula is C26H37N3O4S. The Bertz CT molecular complexity index is 1060. The maximum Gasteiger partial charge on any atom is 0.242 e. The van der Waals surface area contributed by atoms with Crippen molar-refractivity contribution in [3.63, 3.8) is 0 Å². The number of sulfonamides is 1. The van der Waals surface area contributed by atoms with E-state index < -0.39 is 21.6 Å². The Kier molecular flexibility index (Phi) is 9.27. The van der Waals surface area contributed by atoms with Gasteiger partial charge in [0.15, 0.2) is 0 Å². The maximum absolute atomic E-state index is 13.2. The van der Waals surface area contributed by atoms with Gasteiger partial charge in [-0.15, -0.1) is 0 Å². The van der Waals surface area contributed by atoms with Gasteiger partial charge in [0, 0.05) is 25.0 Å². The maximum atomic E-state index is 13.2. The first-order valence-electron chi connectivity index (χ1n) is 11.5.